The van der Waals surface area contributed by atoms with Crippen LogP contribution in [-0.4, -0.2) is 93.7 Å². The van der Waals surface area contributed by atoms with E-state index in [2.05, 4.69) is 12.2 Å². The van der Waals surface area contributed by atoms with Gasteiger partial charge in [0.05, 0.1) is 42.7 Å². The smallest absolute Gasteiger partial charge is 0.331 e. The summed E-state index contributed by atoms with van der Waals surface area (Å²) in [6.07, 6.45) is 5.35. The molecule has 49 heavy (non-hydrogen) atoms. The molecule has 1 amide bonds. The van der Waals surface area contributed by atoms with E-state index in [1.807, 2.05) is 6.92 Å². The lowest BCUT2D eigenvalue weighted by Crippen LogP contribution is -2.76. The Morgan fingerprint density at radius 3 is 2.57 bits per heavy atom. The van der Waals surface area contributed by atoms with Gasteiger partial charge >= 0.3 is 11.9 Å². The first kappa shape index (κ1) is 34.1. The van der Waals surface area contributed by atoms with Gasteiger partial charge in [0.25, 0.3) is 5.79 Å². The van der Waals surface area contributed by atoms with Crippen molar-refractivity contribution in [3.05, 3.63) is 11.6 Å². The first-order valence-electron chi connectivity index (χ1n) is 18.1. The molecule has 0 aromatic rings. The van der Waals surface area contributed by atoms with E-state index >= 15 is 0 Å². The lowest BCUT2D eigenvalue weighted by Gasteiger charge is -2.66. The Kier molecular flexibility index (Phi) is 8.17. The van der Waals surface area contributed by atoms with Crippen LogP contribution in [0.2, 0.25) is 0 Å². The van der Waals surface area contributed by atoms with Crippen LogP contribution in [0.4, 0.5) is 0 Å². The molecule has 7 fully saturated rings. The Morgan fingerprint density at radius 1 is 1.04 bits per heavy atom. The summed E-state index contributed by atoms with van der Waals surface area (Å²) in [7, 11) is 0. The zero-order chi connectivity index (χ0) is 34.6. The minimum absolute atomic E-state index is 0.00578. The number of carbonyl (C=O) groups excluding carboxylic acids is 4. The first-order valence-corrected chi connectivity index (χ1v) is 19.1. The van der Waals surface area contributed by atoms with Crippen LogP contribution in [0.25, 0.3) is 0 Å². The number of fused-ring (bicyclic) bond motifs is 8. The third kappa shape index (κ3) is 5.03. The molecule has 13 atom stereocenters. The second kappa shape index (κ2) is 11.7. The average molecular weight is 704 g/mol. The highest BCUT2D eigenvalue weighted by atomic mass is 32.2. The highest BCUT2D eigenvalue weighted by Crippen LogP contribution is 2.71. The molecule has 0 aromatic heterocycles. The van der Waals surface area contributed by atoms with E-state index < -0.39 is 45.5 Å². The van der Waals surface area contributed by atoms with Gasteiger partial charge in [-0.25, -0.2) is 4.79 Å². The molecule has 8 aliphatic rings. The van der Waals surface area contributed by atoms with Crippen LogP contribution in [-0.2, 0) is 42.9 Å². The molecule has 3 saturated heterocycles. The van der Waals surface area contributed by atoms with Gasteiger partial charge in [-0.3, -0.25) is 9.59 Å². The third-order valence-electron chi connectivity index (χ3n) is 14.1. The average Bonchev–Trinajstić information content (AvgIpc) is 3.72. The number of ketones is 1. The molecule has 8 rings (SSSR count). The van der Waals surface area contributed by atoms with E-state index in [-0.39, 0.29) is 85.3 Å². The largest absolute Gasteiger partial charge is 0.465 e. The van der Waals surface area contributed by atoms with E-state index in [4.69, 9.17) is 23.7 Å². The van der Waals surface area contributed by atoms with E-state index in [1.54, 1.807) is 6.08 Å². The Balaban J connectivity index is 1.12. The maximum Gasteiger partial charge on any atom is 0.331 e. The van der Waals surface area contributed by atoms with Gasteiger partial charge in [-0.15, -0.1) is 11.8 Å². The Morgan fingerprint density at radius 2 is 1.86 bits per heavy atom. The van der Waals surface area contributed by atoms with Gasteiger partial charge < -0.3 is 44.0 Å². The highest BCUT2D eigenvalue weighted by Gasteiger charge is 2.73. The summed E-state index contributed by atoms with van der Waals surface area (Å²) >= 11 is 1.32. The van der Waals surface area contributed by atoms with E-state index in [0.29, 0.717) is 25.7 Å². The van der Waals surface area contributed by atoms with Crippen LogP contribution < -0.4 is 5.32 Å². The summed E-state index contributed by atoms with van der Waals surface area (Å²) in [5, 5.41) is 28.2. The van der Waals surface area contributed by atoms with Crippen molar-refractivity contribution in [2.75, 3.05) is 19.0 Å². The minimum atomic E-state index is -1.94. The standard InChI is InChI=1S/C36H49NO11S/c1-19(38)4-7-29(40)45-18-33-15-27-26(47-31-36(43,48-27)35(14-20(2)46-31)37-28(39)17-49-35)13-22(33)5-6-25-24(33)8-10-32(3)23(9-11-34(25,32)42)21-12-30(41)44-16-21/h12,20,22-27,31,42-43H,4-11,13-18H2,1-3H3,(H,37,39)/t20-,22+,23-,24+,25-,26-,27-,31+,32-,33-,34+,35+,36-/m1/s1. The molecule has 0 unspecified atom stereocenters. The van der Waals surface area contributed by atoms with E-state index in [9.17, 15) is 29.4 Å². The Labute approximate surface area is 290 Å². The summed E-state index contributed by atoms with van der Waals surface area (Å²) < 4.78 is 30.9. The molecule has 4 heterocycles. The Bertz CT molecular complexity index is 1470. The molecular weight excluding hydrogens is 654 g/mol. The second-order valence-corrected chi connectivity index (χ2v) is 17.8. The minimum Gasteiger partial charge on any atom is -0.465 e. The number of nitrogens with one attached hydrogen (secondary N) is 1. The number of hydrogen-bond donors (Lipinski definition) is 3. The molecule has 270 valence electrons. The van der Waals surface area contributed by atoms with Crippen molar-refractivity contribution in [1.29, 1.82) is 0 Å². The van der Waals surface area contributed by atoms with Gasteiger partial charge in [-0.05, 0) is 94.5 Å². The van der Waals surface area contributed by atoms with Crippen molar-refractivity contribution in [2.24, 2.45) is 34.5 Å². The molecule has 12 nitrogen and oxygen atoms in total. The fourth-order valence-electron chi connectivity index (χ4n) is 11.8. The van der Waals surface area contributed by atoms with Gasteiger partial charge in [-0.1, -0.05) is 6.92 Å². The Hall–Kier alpha value is -2.03. The van der Waals surface area contributed by atoms with Crippen molar-refractivity contribution in [1.82, 2.24) is 5.32 Å². The SMILES string of the molecule is CC(=O)CCC(=O)OC[C@]12C[C@H]3O[C@]4(O)[C@@H](O[C@H](C)C[C@@]45NC(=O)CS5)O[C@@H]3C[C@@H]1CC[C@@H]1[C@@H]2CC[C@]2(C)[C@@H](C3=CC(=O)OC3)CC[C@]12O. The van der Waals surface area contributed by atoms with Gasteiger partial charge in [0.2, 0.25) is 12.2 Å². The summed E-state index contributed by atoms with van der Waals surface area (Å²) in [5.74, 6) is -2.69. The molecule has 1 spiro atoms. The number of aliphatic hydroxyl groups is 2. The lowest BCUT2D eigenvalue weighted by molar-refractivity contribution is -0.449. The second-order valence-electron chi connectivity index (χ2n) is 16.5. The fourth-order valence-corrected chi connectivity index (χ4v) is 13.1. The number of amides is 1. The van der Waals surface area contributed by atoms with Crippen molar-refractivity contribution in [3.8, 4) is 0 Å². The van der Waals surface area contributed by atoms with E-state index in [0.717, 1.165) is 37.7 Å². The molecule has 4 aliphatic carbocycles. The van der Waals surface area contributed by atoms with Crippen molar-refractivity contribution in [2.45, 2.75) is 132 Å². The van der Waals surface area contributed by atoms with Crippen LogP contribution in [0.15, 0.2) is 11.6 Å². The summed E-state index contributed by atoms with van der Waals surface area (Å²) in [5.41, 5.74) is -1.04. The first-order chi connectivity index (χ1) is 23.2. The van der Waals surface area contributed by atoms with Gasteiger partial charge in [0, 0.05) is 29.7 Å². The van der Waals surface area contributed by atoms with Gasteiger partial charge in [0.15, 0.2) is 0 Å². The van der Waals surface area contributed by atoms with Crippen LogP contribution in [0.3, 0.4) is 0 Å². The fraction of sp³-hybridized carbons (Fsp3) is 0.833. The third-order valence-corrected chi connectivity index (χ3v) is 15.6. The molecule has 0 bridgehead atoms. The molecule has 0 radical (unpaired) electrons. The molecule has 3 N–H and O–H groups in total. The number of ether oxygens (including phenoxy) is 5. The molecule has 4 saturated carbocycles. The number of rotatable bonds is 6. The van der Waals surface area contributed by atoms with Crippen molar-refractivity contribution >= 4 is 35.4 Å². The predicted octanol–water partition coefficient (Wildman–Crippen LogP) is 2.91. The zero-order valence-electron chi connectivity index (χ0n) is 28.6. The van der Waals surface area contributed by atoms with E-state index in [1.165, 1.54) is 18.7 Å². The van der Waals surface area contributed by atoms with Crippen LogP contribution in [0, 0.1) is 34.5 Å². The number of hydrogen-bond acceptors (Lipinski definition) is 12. The quantitative estimate of drug-likeness (QED) is 0.274. The van der Waals surface area contributed by atoms with Crippen molar-refractivity contribution < 1.29 is 53.1 Å². The maximum absolute atomic E-state index is 13.1. The van der Waals surface area contributed by atoms with Gasteiger partial charge in [0.1, 0.15) is 17.3 Å². The number of thioether (sulfide) groups is 1. The number of Topliss-reactive ketones (excluding diaryl/α,β-unsaturated/α-hetero) is 1. The normalized spacial score (nSPS) is 49.9. The zero-order valence-corrected chi connectivity index (χ0v) is 29.4. The monoisotopic (exact) mass is 703 g/mol. The predicted molar refractivity (Wildman–Crippen MR) is 173 cm³/mol. The van der Waals surface area contributed by atoms with Crippen LogP contribution >= 0.6 is 11.8 Å². The highest BCUT2D eigenvalue weighted by molar-refractivity contribution is 8.01. The molecule has 13 heteroatoms. The maximum atomic E-state index is 13.1. The van der Waals surface area contributed by atoms with Crippen LogP contribution in [0.5, 0.6) is 0 Å². The molecule has 0 aromatic carbocycles. The van der Waals surface area contributed by atoms with Crippen molar-refractivity contribution in [3.63, 3.8) is 0 Å². The summed E-state index contributed by atoms with van der Waals surface area (Å²) in [6, 6.07) is 0. The summed E-state index contributed by atoms with van der Waals surface area (Å²) in [4.78, 5) is 48.2. The lowest BCUT2D eigenvalue weighted by atomic mass is 9.42. The number of cyclic esters (lactones) is 1. The number of carbonyl (C=O) groups is 4. The number of esters is 2. The van der Waals surface area contributed by atoms with Crippen LogP contribution in [0.1, 0.15) is 91.4 Å². The van der Waals surface area contributed by atoms with Gasteiger partial charge in [-0.2, -0.15) is 0 Å². The topological polar surface area (TPSA) is 167 Å². The molecule has 4 aliphatic heterocycles. The molecular formula is C36H49NO11S. The summed E-state index contributed by atoms with van der Waals surface area (Å²) in [6.45, 7) is 5.93.